The lowest BCUT2D eigenvalue weighted by atomic mass is 10.0. The maximum atomic E-state index is 10.9. The van der Waals surface area contributed by atoms with Crippen molar-refractivity contribution in [3.05, 3.63) is 101 Å². The van der Waals surface area contributed by atoms with Crippen molar-refractivity contribution in [3.8, 4) is 0 Å². The minimum atomic E-state index is -3.95. The van der Waals surface area contributed by atoms with Crippen molar-refractivity contribution < 1.29 is 17.8 Å². The van der Waals surface area contributed by atoms with Crippen molar-refractivity contribution in [2.45, 2.75) is 13.0 Å². The smallest absolute Gasteiger partial charge is 0.265 e. The summed E-state index contributed by atoms with van der Waals surface area (Å²) in [4.78, 5) is 5.05. The van der Waals surface area contributed by atoms with Crippen LogP contribution in [0.2, 0.25) is 0 Å². The molecule has 7 heteroatoms. The first-order valence-electron chi connectivity index (χ1n) is 9.48. The second-order valence-corrected chi connectivity index (χ2v) is 8.35. The number of aryl methyl sites for hydroxylation is 1. The molecule has 3 aromatic carbocycles. The van der Waals surface area contributed by atoms with E-state index < -0.39 is 10.1 Å². The van der Waals surface area contributed by atoms with Crippen LogP contribution in [0.1, 0.15) is 22.3 Å². The third-order valence-corrected chi connectivity index (χ3v) is 5.25. The fourth-order valence-corrected chi connectivity index (χ4v) is 3.52. The van der Waals surface area contributed by atoms with Gasteiger partial charge in [-0.2, -0.15) is 8.42 Å². The zero-order valence-electron chi connectivity index (χ0n) is 16.7. The third kappa shape index (κ3) is 6.43. The van der Waals surface area contributed by atoms with Crippen LogP contribution in [0.5, 0.6) is 0 Å². The normalized spacial score (nSPS) is 11.9. The van der Waals surface area contributed by atoms with Gasteiger partial charge in [-0.25, -0.2) is 0 Å². The summed E-state index contributed by atoms with van der Waals surface area (Å²) in [6.07, 6.45) is 0.280. The van der Waals surface area contributed by atoms with Gasteiger partial charge in [0.15, 0.2) is 0 Å². The van der Waals surface area contributed by atoms with Crippen LogP contribution in [0.3, 0.4) is 0 Å². The van der Waals surface area contributed by atoms with Crippen LogP contribution in [0.4, 0.5) is 5.69 Å². The third-order valence-electron chi connectivity index (χ3n) is 4.53. The van der Waals surface area contributed by atoms with E-state index in [2.05, 4.69) is 16.5 Å². The van der Waals surface area contributed by atoms with E-state index >= 15 is 0 Å². The van der Waals surface area contributed by atoms with Gasteiger partial charge in [0.05, 0.1) is 5.75 Å². The molecule has 3 rings (SSSR count). The predicted molar refractivity (Wildman–Crippen MR) is 119 cm³/mol. The molecule has 0 aliphatic rings. The van der Waals surface area contributed by atoms with Gasteiger partial charge in [0.2, 0.25) is 0 Å². The van der Waals surface area contributed by atoms with E-state index in [4.69, 9.17) is 9.39 Å². The summed E-state index contributed by atoms with van der Waals surface area (Å²) in [6.45, 7) is 0.618. The predicted octanol–water partition coefficient (Wildman–Crippen LogP) is 4.13. The summed E-state index contributed by atoms with van der Waals surface area (Å²) in [6, 6.07) is 25.4. The highest BCUT2D eigenvalue weighted by molar-refractivity contribution is 7.85. The molecule has 0 heterocycles. The Hall–Kier alpha value is -3.16. The number of hydrogen-bond donors (Lipinski definition) is 2. The van der Waals surface area contributed by atoms with E-state index in [1.807, 2.05) is 72.8 Å². The Morgan fingerprint density at radius 2 is 1.63 bits per heavy atom. The molecule has 0 aliphatic carbocycles. The van der Waals surface area contributed by atoms with Crippen LogP contribution in [-0.4, -0.2) is 31.5 Å². The minimum absolute atomic E-state index is 0.278. The number of nitrogens with one attached hydrogen (secondary N) is 1. The molecule has 0 aliphatic heterocycles. The van der Waals surface area contributed by atoms with Gasteiger partial charge in [0.1, 0.15) is 12.8 Å². The van der Waals surface area contributed by atoms with E-state index in [-0.39, 0.29) is 12.2 Å². The molecule has 0 atom stereocenters. The Morgan fingerprint density at radius 1 is 0.933 bits per heavy atom. The highest BCUT2D eigenvalue weighted by atomic mass is 32.2. The molecule has 2 N–H and O–H groups in total. The first-order chi connectivity index (χ1) is 14.4. The molecule has 0 radical (unpaired) electrons. The maximum Gasteiger partial charge on any atom is 0.265 e. The number of nitrogens with zero attached hydrogens (tertiary/aromatic N) is 1. The second-order valence-electron chi connectivity index (χ2n) is 6.78. The lowest BCUT2D eigenvalue weighted by molar-refractivity contribution is 0.214. The molecular formula is C23H24N2O4S. The van der Waals surface area contributed by atoms with E-state index in [1.165, 1.54) is 7.11 Å². The van der Waals surface area contributed by atoms with Crippen molar-refractivity contribution in [2.24, 2.45) is 5.16 Å². The molecule has 3 aromatic rings. The standard InChI is InChI=1S/C23H24N2O4S/c1-29-25-23(20-7-3-2-4-8-20)21-9-5-6-19(16-21)17-24-22-12-10-18(11-13-22)14-15-30(26,27)28/h2-13,16,24H,14-15,17H2,1H3,(H,26,27,28). The topological polar surface area (TPSA) is 88.0 Å². The first kappa shape index (κ1) is 21.5. The number of hydrogen-bond acceptors (Lipinski definition) is 5. The van der Waals surface area contributed by atoms with E-state index in [0.29, 0.717) is 6.54 Å². The summed E-state index contributed by atoms with van der Waals surface area (Å²) in [5.74, 6) is -0.278. The van der Waals surface area contributed by atoms with Crippen LogP contribution < -0.4 is 5.32 Å². The fraction of sp³-hybridized carbons (Fsp3) is 0.174. The Kier molecular flexibility index (Phi) is 7.21. The lowest BCUT2D eigenvalue weighted by Gasteiger charge is -2.11. The molecule has 0 amide bonds. The SMILES string of the molecule is CON=C(c1ccccc1)c1cccc(CNc2ccc(CCS(=O)(=O)O)cc2)c1. The Labute approximate surface area is 177 Å². The van der Waals surface area contributed by atoms with Crippen LogP contribution in [0, 0.1) is 0 Å². The average Bonchev–Trinajstić information content (AvgIpc) is 2.75. The molecular weight excluding hydrogens is 400 g/mol. The summed E-state index contributed by atoms with van der Waals surface area (Å²) in [7, 11) is -2.41. The van der Waals surface area contributed by atoms with Crippen molar-refractivity contribution in [3.63, 3.8) is 0 Å². The van der Waals surface area contributed by atoms with Gasteiger partial charge >= 0.3 is 0 Å². The molecule has 0 saturated heterocycles. The molecule has 156 valence electrons. The molecule has 0 bridgehead atoms. The minimum Gasteiger partial charge on any atom is -0.399 e. The Bertz CT molecular complexity index is 1100. The first-order valence-corrected chi connectivity index (χ1v) is 11.1. The maximum absolute atomic E-state index is 10.9. The Morgan fingerprint density at radius 3 is 2.30 bits per heavy atom. The monoisotopic (exact) mass is 424 g/mol. The quantitative estimate of drug-likeness (QED) is 0.306. The highest BCUT2D eigenvalue weighted by Crippen LogP contribution is 2.16. The van der Waals surface area contributed by atoms with Crippen molar-refractivity contribution in [2.75, 3.05) is 18.2 Å². The van der Waals surface area contributed by atoms with Crippen LogP contribution in [0.15, 0.2) is 84.0 Å². The fourth-order valence-electron chi connectivity index (χ4n) is 3.03. The average molecular weight is 425 g/mol. The molecule has 0 unspecified atom stereocenters. The van der Waals surface area contributed by atoms with Gasteiger partial charge in [-0.1, -0.05) is 65.8 Å². The van der Waals surface area contributed by atoms with Gasteiger partial charge < -0.3 is 10.2 Å². The number of oxime groups is 1. The van der Waals surface area contributed by atoms with Gasteiger partial charge in [0.25, 0.3) is 10.1 Å². The number of rotatable bonds is 9. The summed E-state index contributed by atoms with van der Waals surface area (Å²) in [5, 5.41) is 7.56. The summed E-state index contributed by atoms with van der Waals surface area (Å²) >= 11 is 0. The molecule has 0 fully saturated rings. The Balaban J connectivity index is 1.67. The number of anilines is 1. The van der Waals surface area contributed by atoms with Gasteiger partial charge in [0, 0.05) is 23.4 Å². The zero-order chi connectivity index (χ0) is 21.4. The second kappa shape index (κ2) is 10.0. The van der Waals surface area contributed by atoms with Crippen LogP contribution in [-0.2, 0) is 27.9 Å². The lowest BCUT2D eigenvalue weighted by Crippen LogP contribution is -2.07. The van der Waals surface area contributed by atoms with Crippen molar-refractivity contribution >= 4 is 21.5 Å². The van der Waals surface area contributed by atoms with E-state index in [9.17, 15) is 8.42 Å². The molecule has 0 spiro atoms. The number of benzene rings is 3. The van der Waals surface area contributed by atoms with E-state index in [1.54, 1.807) is 0 Å². The summed E-state index contributed by atoms with van der Waals surface area (Å²) < 4.78 is 30.6. The van der Waals surface area contributed by atoms with Gasteiger partial charge in [-0.15, -0.1) is 0 Å². The molecule has 0 aromatic heterocycles. The molecule has 6 nitrogen and oxygen atoms in total. The molecule has 0 saturated carbocycles. The van der Waals surface area contributed by atoms with Crippen molar-refractivity contribution in [1.29, 1.82) is 0 Å². The molecule has 30 heavy (non-hydrogen) atoms. The van der Waals surface area contributed by atoms with Crippen LogP contribution in [0.25, 0.3) is 0 Å². The van der Waals surface area contributed by atoms with Gasteiger partial charge in [-0.05, 0) is 35.7 Å². The zero-order valence-corrected chi connectivity index (χ0v) is 17.5. The van der Waals surface area contributed by atoms with E-state index in [0.717, 1.165) is 33.7 Å². The van der Waals surface area contributed by atoms with Crippen LogP contribution >= 0.6 is 0 Å². The van der Waals surface area contributed by atoms with Crippen molar-refractivity contribution in [1.82, 2.24) is 0 Å². The van der Waals surface area contributed by atoms with Gasteiger partial charge in [-0.3, -0.25) is 4.55 Å². The largest absolute Gasteiger partial charge is 0.399 e. The highest BCUT2D eigenvalue weighted by Gasteiger charge is 2.09. The summed E-state index contributed by atoms with van der Waals surface area (Å²) in [5.41, 5.74) is 5.56.